The average Bonchev–Trinajstić information content (AvgIpc) is 3.20. The Morgan fingerprint density at radius 3 is 1.14 bits per heavy atom. The lowest BCUT2D eigenvalue weighted by Crippen LogP contribution is -2.60. The minimum Gasteiger partial charge on any atom is -0.497 e. The fourth-order valence-corrected chi connectivity index (χ4v) is 11.7. The molecule has 0 fully saturated rings. The van der Waals surface area contributed by atoms with E-state index in [4.69, 9.17) is 16.2 Å². The summed E-state index contributed by atoms with van der Waals surface area (Å²) in [5.41, 5.74) is -7.42. The number of ether oxygens (including phenoxy) is 1. The van der Waals surface area contributed by atoms with E-state index < -0.39 is 88.0 Å². The number of benzene rings is 6. The SMILES string of the molecule is COc1ccc(/C(=N\[B-](Cl)(c2c(F)c(F)c(F)c(F)c2F)c2c(F)c(F)c(F)c(F)c2F)N[P+](c2ccccc2C)(c2ccccc2C)c2ccccc2C)cc1. The Hall–Kier alpha value is -5.33. The van der Waals surface area contributed by atoms with E-state index in [1.807, 2.05) is 0 Å². The molecule has 0 unspecified atom stereocenters. The summed E-state index contributed by atoms with van der Waals surface area (Å²) < 4.78 is 158. The molecule has 0 aliphatic carbocycles. The number of methoxy groups -OCH3 is 1. The van der Waals surface area contributed by atoms with Gasteiger partial charge in [0.2, 0.25) is 7.41 Å². The Bertz CT molecular complexity index is 2340. The highest BCUT2D eigenvalue weighted by Gasteiger charge is 2.51. The molecule has 0 aromatic heterocycles. The van der Waals surface area contributed by atoms with Crippen LogP contribution in [0.4, 0.5) is 43.9 Å². The molecule has 0 radical (unpaired) electrons. The fraction of sp³-hybridized carbons (Fsp3) is 0.0976. The summed E-state index contributed by atoms with van der Waals surface area (Å²) in [7, 11) is -2.19. The fourth-order valence-electron chi connectivity index (χ4n) is 6.83. The minimum atomic E-state index is -5.12. The lowest BCUT2D eigenvalue weighted by Gasteiger charge is -2.37. The van der Waals surface area contributed by atoms with Crippen molar-refractivity contribution in [3.63, 3.8) is 0 Å². The van der Waals surface area contributed by atoms with Gasteiger partial charge < -0.3 is 21.1 Å². The Morgan fingerprint density at radius 1 is 0.509 bits per heavy atom. The van der Waals surface area contributed by atoms with Crippen molar-refractivity contribution < 1.29 is 48.6 Å². The molecule has 16 heteroatoms. The second kappa shape index (κ2) is 15.9. The third kappa shape index (κ3) is 6.92. The number of aryl methyl sites for hydroxylation is 3. The molecule has 0 saturated heterocycles. The van der Waals surface area contributed by atoms with Crippen molar-refractivity contribution in [1.29, 1.82) is 0 Å². The molecule has 0 spiro atoms. The number of amidine groups is 1. The van der Waals surface area contributed by atoms with Gasteiger partial charge in [-0.05, 0) is 79.9 Å². The van der Waals surface area contributed by atoms with E-state index in [0.717, 1.165) is 0 Å². The summed E-state index contributed by atoms with van der Waals surface area (Å²) in [4.78, 5) is 4.24. The molecule has 0 bridgehead atoms. The van der Waals surface area contributed by atoms with Gasteiger partial charge in [0, 0.05) is 5.56 Å². The van der Waals surface area contributed by atoms with Gasteiger partial charge in [-0.3, -0.25) is 0 Å². The number of hydrogen-bond acceptors (Lipinski definition) is 2. The molecular weight excluding hydrogens is 804 g/mol. The predicted octanol–water partition coefficient (Wildman–Crippen LogP) is 8.75. The molecule has 0 atom stereocenters. The van der Waals surface area contributed by atoms with Crippen LogP contribution >= 0.6 is 18.9 Å². The number of nitrogens with one attached hydrogen (secondary N) is 1. The molecule has 0 aliphatic heterocycles. The number of nitrogens with zero attached hydrogens (tertiary/aromatic N) is 1. The van der Waals surface area contributed by atoms with Gasteiger partial charge in [0.15, 0.2) is 34.9 Å². The monoisotopic (exact) mass is 832 g/mol. The average molecular weight is 833 g/mol. The molecule has 6 aromatic carbocycles. The second-order valence-corrected chi connectivity index (χ2v) is 16.7. The standard InChI is InChI=1S/C41H29BClF10N2OP/c1-21-11-5-8-14-26(21)57(27-15-9-6-12-22(27)2,28-16-10-7-13-23(28)3)55-41(24-17-19-25(56-4)20-18-24)54-42(43,29-31(44)35(48)39(52)36(49)32(29)45)30-33(46)37(50)40(53)38(51)34(30)47/h5-20H,1-4H3,(H,54,55). The van der Waals surface area contributed by atoms with Crippen LogP contribution in [-0.4, -0.2) is 18.6 Å². The Labute approximate surface area is 326 Å². The van der Waals surface area contributed by atoms with E-state index in [-0.39, 0.29) is 11.3 Å². The molecule has 6 rings (SSSR count). The summed E-state index contributed by atoms with van der Waals surface area (Å²) in [6, 6.07) is 26.7. The van der Waals surface area contributed by atoms with Crippen molar-refractivity contribution >= 4 is 57.2 Å². The molecule has 3 nitrogen and oxygen atoms in total. The van der Waals surface area contributed by atoms with E-state index in [2.05, 4.69) is 9.99 Å². The molecular formula is C41H29BClF10N2OP. The van der Waals surface area contributed by atoms with Crippen LogP contribution in [0.1, 0.15) is 22.3 Å². The molecule has 6 aromatic rings. The maximum absolute atomic E-state index is 16.0. The summed E-state index contributed by atoms with van der Waals surface area (Å²) >= 11 is 6.82. The van der Waals surface area contributed by atoms with E-state index in [1.54, 1.807) is 93.6 Å². The van der Waals surface area contributed by atoms with Crippen molar-refractivity contribution in [1.82, 2.24) is 5.09 Å². The van der Waals surface area contributed by atoms with Crippen LogP contribution in [-0.2, 0) is 0 Å². The molecule has 0 heterocycles. The van der Waals surface area contributed by atoms with Crippen molar-refractivity contribution in [2.24, 2.45) is 4.90 Å². The number of halogens is 11. The largest absolute Gasteiger partial charge is 0.497 e. The molecule has 57 heavy (non-hydrogen) atoms. The smallest absolute Gasteiger partial charge is 0.254 e. The highest BCUT2D eigenvalue weighted by Crippen LogP contribution is 2.54. The van der Waals surface area contributed by atoms with Crippen LogP contribution in [0.25, 0.3) is 0 Å². The Morgan fingerprint density at radius 2 is 0.825 bits per heavy atom. The first-order valence-electron chi connectivity index (χ1n) is 17.0. The number of rotatable bonds is 9. The highest BCUT2D eigenvalue weighted by molar-refractivity contribution is 7.94. The zero-order valence-electron chi connectivity index (χ0n) is 30.3. The summed E-state index contributed by atoms with van der Waals surface area (Å²) in [5, 5.41) is 5.25. The van der Waals surface area contributed by atoms with Gasteiger partial charge in [-0.1, -0.05) is 65.5 Å². The third-order valence-corrected chi connectivity index (χ3v) is 14.4. The summed E-state index contributed by atoms with van der Waals surface area (Å²) in [6.45, 7) is 5.39. The normalized spacial score (nSPS) is 12.2. The molecule has 294 valence electrons. The maximum Gasteiger partial charge on any atom is 0.254 e. The zero-order valence-corrected chi connectivity index (χ0v) is 31.9. The lowest BCUT2D eigenvalue weighted by molar-refractivity contribution is 0.382. The quantitative estimate of drug-likeness (QED) is 0.0301. The maximum atomic E-state index is 16.0. The molecule has 1 N–H and O–H groups in total. The zero-order chi connectivity index (χ0) is 41.6. The van der Waals surface area contributed by atoms with Crippen molar-refractivity contribution in [2.45, 2.75) is 20.8 Å². The Kier molecular flexibility index (Phi) is 11.5. The van der Waals surface area contributed by atoms with Crippen LogP contribution < -0.4 is 36.7 Å². The molecule has 0 aliphatic rings. The highest BCUT2D eigenvalue weighted by atomic mass is 35.5. The van der Waals surface area contributed by atoms with Gasteiger partial charge in [0.1, 0.15) is 50.8 Å². The van der Waals surface area contributed by atoms with Gasteiger partial charge in [-0.15, -0.1) is 0 Å². The van der Waals surface area contributed by atoms with Gasteiger partial charge in [0.25, 0.3) is 5.70 Å². The van der Waals surface area contributed by atoms with Crippen molar-refractivity contribution in [3.8, 4) is 5.75 Å². The van der Waals surface area contributed by atoms with Crippen LogP contribution in [0.3, 0.4) is 0 Å². The van der Waals surface area contributed by atoms with Gasteiger partial charge in [-0.2, -0.15) is 0 Å². The van der Waals surface area contributed by atoms with Crippen molar-refractivity contribution in [3.05, 3.63) is 177 Å². The Balaban J connectivity index is 1.87. The summed E-state index contributed by atoms with van der Waals surface area (Å²) in [6.07, 6.45) is 0. The molecule has 0 amide bonds. The first-order valence-corrected chi connectivity index (χ1v) is 19.2. The predicted molar refractivity (Wildman–Crippen MR) is 205 cm³/mol. The van der Waals surface area contributed by atoms with Crippen LogP contribution in [0.5, 0.6) is 5.75 Å². The van der Waals surface area contributed by atoms with E-state index >= 15 is 35.1 Å². The topological polar surface area (TPSA) is 33.6 Å². The van der Waals surface area contributed by atoms with E-state index in [1.165, 1.54) is 31.4 Å². The lowest BCUT2D eigenvalue weighted by atomic mass is 9.48. The van der Waals surface area contributed by atoms with E-state index in [9.17, 15) is 8.78 Å². The third-order valence-electron chi connectivity index (χ3n) is 9.63. The van der Waals surface area contributed by atoms with Crippen LogP contribution in [0.15, 0.2) is 102 Å². The second-order valence-electron chi connectivity index (χ2n) is 13.0. The van der Waals surface area contributed by atoms with Crippen LogP contribution in [0, 0.1) is 78.9 Å². The first-order chi connectivity index (χ1) is 27.0. The number of hydrogen-bond donors (Lipinski definition) is 1. The van der Waals surface area contributed by atoms with Crippen LogP contribution in [0.2, 0.25) is 0 Å². The first kappa shape index (κ1) is 41.3. The van der Waals surface area contributed by atoms with Gasteiger partial charge in [0.05, 0.1) is 7.11 Å². The van der Waals surface area contributed by atoms with Crippen molar-refractivity contribution in [2.75, 3.05) is 7.11 Å². The molecule has 0 saturated carbocycles. The summed E-state index contributed by atoms with van der Waals surface area (Å²) in [5.74, 6) is -27.0. The van der Waals surface area contributed by atoms with E-state index in [0.29, 0.717) is 32.6 Å². The van der Waals surface area contributed by atoms with Gasteiger partial charge in [-0.25, -0.2) is 49.0 Å². The van der Waals surface area contributed by atoms with Gasteiger partial charge >= 0.3 is 0 Å². The minimum absolute atomic E-state index is 0.0735.